The van der Waals surface area contributed by atoms with Crippen LogP contribution in [-0.4, -0.2) is 26.7 Å². The van der Waals surface area contributed by atoms with Crippen molar-refractivity contribution in [2.24, 2.45) is 4.99 Å². The van der Waals surface area contributed by atoms with Gasteiger partial charge in [0.15, 0.2) is 0 Å². The number of aliphatic imine (C=N–C) groups is 1. The molecule has 0 amide bonds. The van der Waals surface area contributed by atoms with E-state index in [1.165, 1.54) is 15.7 Å². The predicted octanol–water partition coefficient (Wildman–Crippen LogP) is 3.39. The average molecular weight is 318 g/mol. The molecule has 0 atom stereocenters. The minimum absolute atomic E-state index is 0.378. The Morgan fingerprint density at radius 3 is 2.32 bits per heavy atom. The molecule has 0 saturated carbocycles. The second kappa shape index (κ2) is 7.13. The fourth-order valence-electron chi connectivity index (χ4n) is 1.75. The van der Waals surface area contributed by atoms with Crippen molar-refractivity contribution in [2.75, 3.05) is 7.11 Å². The minimum atomic E-state index is 0.378. The van der Waals surface area contributed by atoms with Crippen molar-refractivity contribution < 1.29 is 4.74 Å². The molecule has 0 unspecified atom stereocenters. The zero-order valence-electron chi connectivity index (χ0n) is 11.2. The molecule has 19 heavy (non-hydrogen) atoms. The molecule has 0 heterocycles. The Balaban J connectivity index is 2.14. The number of hydrogen-bond acceptors (Lipinski definition) is 2. The summed E-state index contributed by atoms with van der Waals surface area (Å²) in [5.41, 5.74) is 2.44. The van der Waals surface area contributed by atoms with E-state index < -0.39 is 0 Å². The second-order valence-corrected chi connectivity index (χ2v) is 5.71. The molecule has 2 nitrogen and oxygen atoms in total. The monoisotopic (exact) mass is 319 g/mol. The third-order valence-corrected chi connectivity index (χ3v) is 4.36. The maximum atomic E-state index is 5.18. The summed E-state index contributed by atoms with van der Waals surface area (Å²) in [7, 11) is 1.68. The first kappa shape index (κ1) is 13.9. The Morgan fingerprint density at radius 2 is 1.74 bits per heavy atom. The quantitative estimate of drug-likeness (QED) is 0.612. The van der Waals surface area contributed by atoms with Gasteiger partial charge in [-0.05, 0) is 0 Å². The van der Waals surface area contributed by atoms with Gasteiger partial charge in [0.2, 0.25) is 0 Å². The summed E-state index contributed by atoms with van der Waals surface area (Å²) in [6.45, 7) is 0.748. The summed E-state index contributed by atoms with van der Waals surface area (Å²) >= 11 is 0.378. The molecule has 0 aliphatic carbocycles. The van der Waals surface area contributed by atoms with Crippen molar-refractivity contribution in [2.45, 2.75) is 12.4 Å². The Morgan fingerprint density at radius 1 is 1.05 bits per heavy atom. The van der Waals surface area contributed by atoms with Crippen molar-refractivity contribution in [3.05, 3.63) is 65.7 Å². The summed E-state index contributed by atoms with van der Waals surface area (Å²) in [6.07, 6.45) is 0. The molecule has 0 spiro atoms. The van der Waals surface area contributed by atoms with Gasteiger partial charge in [-0.3, -0.25) is 0 Å². The number of ether oxygens (including phenoxy) is 1. The van der Waals surface area contributed by atoms with Gasteiger partial charge in [0.1, 0.15) is 0 Å². The Hall–Kier alpha value is -1.57. The van der Waals surface area contributed by atoms with E-state index in [0.717, 1.165) is 12.3 Å². The summed E-state index contributed by atoms with van der Waals surface area (Å²) in [5.74, 6) is 3.08. The number of benzene rings is 2. The van der Waals surface area contributed by atoms with E-state index in [9.17, 15) is 0 Å². The Kier molecular flexibility index (Phi) is 5.19. The maximum absolute atomic E-state index is 5.18. The first-order valence-corrected chi connectivity index (χ1v) is 8.67. The molecule has 98 valence electrons. The summed E-state index contributed by atoms with van der Waals surface area (Å²) in [4.78, 5) is 4.74. The fourth-order valence-corrected chi connectivity index (χ4v) is 2.94. The molecule has 0 radical (unpaired) electrons. The van der Waals surface area contributed by atoms with E-state index in [4.69, 9.17) is 9.73 Å². The molecule has 0 saturated heterocycles. The van der Waals surface area contributed by atoms with Crippen LogP contribution >= 0.6 is 0 Å². The van der Waals surface area contributed by atoms with E-state index >= 15 is 0 Å². The molecule has 0 N–H and O–H groups in total. The van der Waals surface area contributed by atoms with Crippen LogP contribution in [0.2, 0.25) is 5.82 Å². The van der Waals surface area contributed by atoms with Gasteiger partial charge in [-0.2, -0.15) is 0 Å². The van der Waals surface area contributed by atoms with Crippen molar-refractivity contribution in [1.82, 2.24) is 0 Å². The van der Waals surface area contributed by atoms with Crippen molar-refractivity contribution in [3.63, 3.8) is 0 Å². The first-order chi connectivity index (χ1) is 9.33. The Labute approximate surface area is 120 Å². The van der Waals surface area contributed by atoms with Crippen LogP contribution in [0.1, 0.15) is 11.1 Å². The van der Waals surface area contributed by atoms with Gasteiger partial charge in [0, 0.05) is 0 Å². The molecule has 2 rings (SSSR count). The zero-order valence-corrected chi connectivity index (χ0v) is 12.9. The molecule has 0 bridgehead atoms. The van der Waals surface area contributed by atoms with Gasteiger partial charge in [-0.1, -0.05) is 0 Å². The van der Waals surface area contributed by atoms with Crippen LogP contribution in [0.15, 0.2) is 59.6 Å². The van der Waals surface area contributed by atoms with Crippen LogP contribution in [0.25, 0.3) is 0 Å². The number of hydrogen-bond donors (Lipinski definition) is 0. The first-order valence-electron chi connectivity index (χ1n) is 6.10. The third kappa shape index (κ3) is 3.95. The van der Waals surface area contributed by atoms with Crippen LogP contribution in [0.3, 0.4) is 0 Å². The average Bonchev–Trinajstić information content (AvgIpc) is 2.49. The van der Waals surface area contributed by atoms with E-state index in [-0.39, 0.29) is 0 Å². The molecule has 0 aromatic heterocycles. The van der Waals surface area contributed by atoms with Crippen LogP contribution in [0, 0.1) is 0 Å². The summed E-state index contributed by atoms with van der Waals surface area (Å²) in [5, 5.41) is 0. The molecular weight excluding hydrogens is 301 g/mol. The van der Waals surface area contributed by atoms with Gasteiger partial charge in [0.05, 0.1) is 0 Å². The number of nitrogens with zero attached hydrogens (tertiary/aromatic N) is 1. The molecule has 0 aliphatic heterocycles. The normalized spacial score (nSPS) is 11.4. The molecule has 3 heteroatoms. The van der Waals surface area contributed by atoms with Crippen LogP contribution in [0.5, 0.6) is 5.75 Å². The third-order valence-electron chi connectivity index (χ3n) is 2.78. The van der Waals surface area contributed by atoms with Crippen LogP contribution in [0.4, 0.5) is 0 Å². The molecule has 0 fully saturated rings. The number of rotatable bonds is 5. The van der Waals surface area contributed by atoms with E-state index in [1.807, 2.05) is 18.2 Å². The molecule has 2 aromatic carbocycles. The summed E-state index contributed by atoms with van der Waals surface area (Å²) < 4.78 is 6.37. The van der Waals surface area contributed by atoms with Crippen molar-refractivity contribution >= 4 is 19.6 Å². The molecule has 0 aliphatic rings. The van der Waals surface area contributed by atoms with E-state index in [2.05, 4.69) is 42.2 Å². The van der Waals surface area contributed by atoms with Gasteiger partial charge >= 0.3 is 120 Å². The van der Waals surface area contributed by atoms with E-state index in [1.54, 1.807) is 7.11 Å². The SMILES string of the molecule is COc1ccc(C(=NCc2ccccc2)[Se]C)cc1. The van der Waals surface area contributed by atoms with Gasteiger partial charge in [0.25, 0.3) is 0 Å². The molecule has 2 aromatic rings. The van der Waals surface area contributed by atoms with Gasteiger partial charge in [-0.15, -0.1) is 0 Å². The second-order valence-electron chi connectivity index (χ2n) is 4.04. The fraction of sp³-hybridized carbons (Fsp3) is 0.188. The van der Waals surface area contributed by atoms with Gasteiger partial charge < -0.3 is 0 Å². The van der Waals surface area contributed by atoms with Gasteiger partial charge in [-0.25, -0.2) is 0 Å². The molecular formula is C16H17NOSe. The predicted molar refractivity (Wildman–Crippen MR) is 81.3 cm³/mol. The summed E-state index contributed by atoms with van der Waals surface area (Å²) in [6, 6.07) is 18.5. The Bertz CT molecular complexity index is 534. The van der Waals surface area contributed by atoms with Crippen molar-refractivity contribution in [3.8, 4) is 5.75 Å². The standard InChI is InChI=1S/C16H17NOSe/c1-18-15-10-8-14(9-11-15)16(19-2)17-12-13-6-4-3-5-7-13/h3-11H,12H2,1-2H3. The number of methoxy groups -OCH3 is 1. The zero-order chi connectivity index (χ0) is 13.5. The van der Waals surface area contributed by atoms with Crippen LogP contribution < -0.4 is 4.74 Å². The topological polar surface area (TPSA) is 21.6 Å². The van der Waals surface area contributed by atoms with Crippen LogP contribution in [-0.2, 0) is 6.54 Å². The van der Waals surface area contributed by atoms with Crippen molar-refractivity contribution in [1.29, 1.82) is 0 Å². The van der Waals surface area contributed by atoms with E-state index in [0.29, 0.717) is 15.0 Å².